The van der Waals surface area contributed by atoms with E-state index in [2.05, 4.69) is 23.6 Å². The fourth-order valence-corrected chi connectivity index (χ4v) is 4.50. The van der Waals surface area contributed by atoms with Crippen LogP contribution in [0.15, 0.2) is 66.0 Å². The number of amides is 1. The second-order valence-electron chi connectivity index (χ2n) is 8.01. The molecule has 1 amide bonds. The summed E-state index contributed by atoms with van der Waals surface area (Å²) in [6.07, 6.45) is 3.08. The summed E-state index contributed by atoms with van der Waals surface area (Å²) in [4.78, 5) is 16.5. The average molecular weight is 436 g/mol. The van der Waals surface area contributed by atoms with Gasteiger partial charge in [0.25, 0.3) is 5.91 Å². The summed E-state index contributed by atoms with van der Waals surface area (Å²) < 4.78 is 11.8. The van der Waals surface area contributed by atoms with Crippen LogP contribution in [0.3, 0.4) is 0 Å². The van der Waals surface area contributed by atoms with Crippen LogP contribution in [0.25, 0.3) is 0 Å². The van der Waals surface area contributed by atoms with E-state index in [9.17, 15) is 4.79 Å². The van der Waals surface area contributed by atoms with Crippen LogP contribution in [0.5, 0.6) is 5.75 Å². The molecule has 0 bridgehead atoms. The zero-order valence-electron chi connectivity index (χ0n) is 18.0. The minimum absolute atomic E-state index is 0.0412. The Morgan fingerprint density at radius 2 is 2.03 bits per heavy atom. The first-order chi connectivity index (χ1) is 15.2. The standard InChI is InChI=1S/C26H29NO3S/c1-20-9-11-22(12-10-20)26(28)27(19-24-7-3-14-29-24)18-21-5-2-6-23(17-21)30-15-13-25-8-4-16-31-25/h2,4-6,8-12,16-17,24H,3,7,13-15,18-19H2,1H3. The fraction of sp³-hybridized carbons (Fsp3) is 0.346. The second-order valence-corrected chi connectivity index (χ2v) is 9.04. The molecule has 1 saturated heterocycles. The number of hydrogen-bond acceptors (Lipinski definition) is 4. The monoisotopic (exact) mass is 435 g/mol. The molecule has 0 spiro atoms. The van der Waals surface area contributed by atoms with Gasteiger partial charge in [0.1, 0.15) is 5.75 Å². The number of carbonyl (C=O) groups excluding carboxylic acids is 1. The molecule has 1 aliphatic heterocycles. The number of aryl methyl sites for hydroxylation is 1. The first-order valence-corrected chi connectivity index (χ1v) is 11.8. The van der Waals surface area contributed by atoms with Crippen LogP contribution < -0.4 is 4.74 Å². The Bertz CT molecular complexity index is 963. The van der Waals surface area contributed by atoms with E-state index in [-0.39, 0.29) is 12.0 Å². The summed E-state index contributed by atoms with van der Waals surface area (Å²) in [5.41, 5.74) is 2.92. The molecule has 2 heterocycles. The third-order valence-corrected chi connectivity index (χ3v) is 6.44. The van der Waals surface area contributed by atoms with Crippen molar-refractivity contribution in [2.75, 3.05) is 19.8 Å². The molecule has 0 saturated carbocycles. The molecule has 0 radical (unpaired) electrons. The lowest BCUT2D eigenvalue weighted by atomic mass is 10.1. The fourth-order valence-electron chi connectivity index (χ4n) is 3.81. The quantitative estimate of drug-likeness (QED) is 0.445. The van der Waals surface area contributed by atoms with Gasteiger partial charge < -0.3 is 14.4 Å². The molecule has 1 aliphatic rings. The van der Waals surface area contributed by atoms with Gasteiger partial charge in [-0.3, -0.25) is 4.79 Å². The van der Waals surface area contributed by atoms with Gasteiger partial charge in [0.05, 0.1) is 12.7 Å². The average Bonchev–Trinajstić information content (AvgIpc) is 3.48. The summed E-state index contributed by atoms with van der Waals surface area (Å²) >= 11 is 1.75. The Labute approximate surface area is 188 Å². The number of carbonyl (C=O) groups is 1. The van der Waals surface area contributed by atoms with Gasteiger partial charge in [-0.2, -0.15) is 0 Å². The van der Waals surface area contributed by atoms with Gasteiger partial charge in [-0.15, -0.1) is 11.3 Å². The van der Waals surface area contributed by atoms with E-state index in [4.69, 9.17) is 9.47 Å². The van der Waals surface area contributed by atoms with Crippen molar-refractivity contribution in [3.05, 3.63) is 87.6 Å². The largest absolute Gasteiger partial charge is 0.493 e. The van der Waals surface area contributed by atoms with Crippen molar-refractivity contribution in [1.29, 1.82) is 0 Å². The highest BCUT2D eigenvalue weighted by atomic mass is 32.1. The molecule has 4 nitrogen and oxygen atoms in total. The zero-order chi connectivity index (χ0) is 21.5. The van der Waals surface area contributed by atoms with Gasteiger partial charge in [-0.05, 0) is 61.0 Å². The van der Waals surface area contributed by atoms with E-state index in [1.165, 1.54) is 4.88 Å². The molecule has 1 unspecified atom stereocenters. The van der Waals surface area contributed by atoms with E-state index in [1.54, 1.807) is 11.3 Å². The number of nitrogens with zero attached hydrogens (tertiary/aromatic N) is 1. The number of ether oxygens (including phenoxy) is 2. The van der Waals surface area contributed by atoms with Crippen LogP contribution in [-0.4, -0.2) is 36.7 Å². The lowest BCUT2D eigenvalue weighted by Crippen LogP contribution is -2.37. The third kappa shape index (κ3) is 6.18. The Balaban J connectivity index is 1.43. The predicted octanol–water partition coefficient (Wildman–Crippen LogP) is 5.50. The van der Waals surface area contributed by atoms with Crippen LogP contribution >= 0.6 is 11.3 Å². The van der Waals surface area contributed by atoms with Crippen molar-refractivity contribution < 1.29 is 14.3 Å². The van der Waals surface area contributed by atoms with Gasteiger partial charge in [-0.1, -0.05) is 35.9 Å². The molecule has 1 atom stereocenters. The minimum Gasteiger partial charge on any atom is -0.493 e. The number of thiophene rings is 1. The summed E-state index contributed by atoms with van der Waals surface area (Å²) in [7, 11) is 0. The second kappa shape index (κ2) is 10.6. The molecule has 162 valence electrons. The topological polar surface area (TPSA) is 38.8 Å². The minimum atomic E-state index is 0.0412. The van der Waals surface area contributed by atoms with Crippen LogP contribution in [0.2, 0.25) is 0 Å². The molecule has 4 rings (SSSR count). The van der Waals surface area contributed by atoms with E-state index in [1.807, 2.05) is 54.3 Å². The van der Waals surface area contributed by atoms with Gasteiger partial charge in [-0.25, -0.2) is 0 Å². The molecule has 1 fully saturated rings. The third-order valence-electron chi connectivity index (χ3n) is 5.50. The molecular formula is C26H29NO3S. The molecule has 2 aromatic carbocycles. The van der Waals surface area contributed by atoms with Crippen molar-refractivity contribution in [2.45, 2.75) is 38.8 Å². The molecule has 3 aromatic rings. The van der Waals surface area contributed by atoms with Crippen molar-refractivity contribution in [3.63, 3.8) is 0 Å². The Kier molecular flexibility index (Phi) is 7.39. The van der Waals surface area contributed by atoms with Gasteiger partial charge in [0.2, 0.25) is 0 Å². The molecular weight excluding hydrogens is 406 g/mol. The number of benzene rings is 2. The highest BCUT2D eigenvalue weighted by molar-refractivity contribution is 7.09. The molecule has 0 N–H and O–H groups in total. The predicted molar refractivity (Wildman–Crippen MR) is 125 cm³/mol. The molecule has 0 aliphatic carbocycles. The smallest absolute Gasteiger partial charge is 0.254 e. The lowest BCUT2D eigenvalue weighted by molar-refractivity contribution is 0.0507. The van der Waals surface area contributed by atoms with Gasteiger partial charge in [0.15, 0.2) is 0 Å². The van der Waals surface area contributed by atoms with Crippen LogP contribution in [0.1, 0.15) is 39.2 Å². The maximum absolute atomic E-state index is 13.3. The van der Waals surface area contributed by atoms with E-state index in [0.717, 1.165) is 42.7 Å². The summed E-state index contributed by atoms with van der Waals surface area (Å²) in [5, 5.41) is 2.09. The summed E-state index contributed by atoms with van der Waals surface area (Å²) in [6.45, 7) is 4.60. The Morgan fingerprint density at radius 1 is 1.16 bits per heavy atom. The van der Waals surface area contributed by atoms with Crippen LogP contribution in [-0.2, 0) is 17.7 Å². The van der Waals surface area contributed by atoms with Crippen molar-refractivity contribution in [1.82, 2.24) is 4.90 Å². The SMILES string of the molecule is Cc1ccc(C(=O)N(Cc2cccc(OCCc3cccs3)c2)CC2CCCO2)cc1. The number of hydrogen-bond donors (Lipinski definition) is 0. The van der Waals surface area contributed by atoms with Crippen LogP contribution in [0, 0.1) is 6.92 Å². The van der Waals surface area contributed by atoms with Gasteiger partial charge >= 0.3 is 0 Å². The highest BCUT2D eigenvalue weighted by Gasteiger charge is 2.23. The van der Waals surface area contributed by atoms with E-state index < -0.39 is 0 Å². The molecule has 5 heteroatoms. The van der Waals surface area contributed by atoms with Crippen molar-refractivity contribution in [3.8, 4) is 5.75 Å². The molecule has 1 aromatic heterocycles. The first-order valence-electron chi connectivity index (χ1n) is 10.9. The maximum atomic E-state index is 13.3. The van der Waals surface area contributed by atoms with Crippen molar-refractivity contribution >= 4 is 17.2 Å². The maximum Gasteiger partial charge on any atom is 0.254 e. The van der Waals surface area contributed by atoms with E-state index >= 15 is 0 Å². The lowest BCUT2D eigenvalue weighted by Gasteiger charge is -2.26. The van der Waals surface area contributed by atoms with E-state index in [0.29, 0.717) is 25.3 Å². The zero-order valence-corrected chi connectivity index (χ0v) is 18.8. The Hall–Kier alpha value is -2.63. The van der Waals surface area contributed by atoms with Gasteiger partial charge in [0, 0.05) is 36.6 Å². The Morgan fingerprint density at radius 3 is 2.77 bits per heavy atom. The number of rotatable bonds is 9. The van der Waals surface area contributed by atoms with Crippen molar-refractivity contribution in [2.24, 2.45) is 0 Å². The molecule has 31 heavy (non-hydrogen) atoms. The van der Waals surface area contributed by atoms with Crippen LogP contribution in [0.4, 0.5) is 0 Å². The first kappa shape index (κ1) is 21.6. The summed E-state index contributed by atoms with van der Waals surface area (Å²) in [6, 6.07) is 20.0. The highest BCUT2D eigenvalue weighted by Crippen LogP contribution is 2.20. The summed E-state index contributed by atoms with van der Waals surface area (Å²) in [5.74, 6) is 0.883. The normalized spacial score (nSPS) is 15.7.